The van der Waals surface area contributed by atoms with Gasteiger partial charge < -0.3 is 14.5 Å². The van der Waals surface area contributed by atoms with Crippen LogP contribution in [0.3, 0.4) is 0 Å². The smallest absolute Gasteiger partial charge is 0.131 e. The van der Waals surface area contributed by atoms with Crippen molar-refractivity contribution in [3.63, 3.8) is 0 Å². The van der Waals surface area contributed by atoms with Crippen molar-refractivity contribution >= 4 is 49.4 Å². The third-order valence-corrected chi connectivity index (χ3v) is 9.97. The summed E-state index contributed by atoms with van der Waals surface area (Å²) in [6, 6.07) is 62.7. The fourth-order valence-electron chi connectivity index (χ4n) is 7.69. The fourth-order valence-corrected chi connectivity index (χ4v) is 7.69. The fraction of sp³-hybridized carbons (Fsp3) is 0.0444. The Morgan fingerprint density at radius 1 is 0.420 bits per heavy atom. The highest BCUT2D eigenvalue weighted by atomic mass is 15.3. The van der Waals surface area contributed by atoms with Crippen molar-refractivity contribution in [3.8, 4) is 11.4 Å². The summed E-state index contributed by atoms with van der Waals surface area (Å²) in [5.74, 6) is 0.876. The van der Waals surface area contributed by atoms with E-state index in [0.717, 1.165) is 33.9 Å². The number of para-hydroxylation sites is 3. The lowest BCUT2D eigenvalue weighted by atomic mass is 10.1. The number of aliphatic imine (C=N–C) groups is 1. The second kappa shape index (κ2) is 11.6. The Morgan fingerprint density at radius 2 is 0.960 bits per heavy atom. The van der Waals surface area contributed by atoms with Crippen LogP contribution in [-0.4, -0.2) is 15.0 Å². The molecular weight excluding hydrogens is 611 g/mol. The molecule has 0 saturated heterocycles. The lowest BCUT2D eigenvalue weighted by Crippen LogP contribution is -2.44. The van der Waals surface area contributed by atoms with E-state index in [0.29, 0.717) is 0 Å². The van der Waals surface area contributed by atoms with Crippen molar-refractivity contribution in [2.24, 2.45) is 4.99 Å². The molecule has 1 aliphatic heterocycles. The Labute approximate surface area is 289 Å². The average Bonchev–Trinajstić information content (AvgIpc) is 3.70. The minimum atomic E-state index is -0.253. The van der Waals surface area contributed by atoms with E-state index in [1.807, 2.05) is 6.07 Å². The van der Waals surface area contributed by atoms with Crippen LogP contribution in [0.25, 0.3) is 55.0 Å². The number of fused-ring (bicyclic) bond motifs is 6. The van der Waals surface area contributed by atoms with Gasteiger partial charge in [0.2, 0.25) is 0 Å². The Bertz CT molecular complexity index is 2710. The van der Waals surface area contributed by atoms with Crippen LogP contribution >= 0.6 is 0 Å². The Morgan fingerprint density at radius 3 is 1.64 bits per heavy atom. The first kappa shape index (κ1) is 28.6. The van der Waals surface area contributed by atoms with E-state index in [2.05, 4.69) is 190 Å². The van der Waals surface area contributed by atoms with Gasteiger partial charge >= 0.3 is 0 Å². The van der Waals surface area contributed by atoms with Gasteiger partial charge in [0.25, 0.3) is 0 Å². The molecular formula is C45H33N5. The molecule has 1 aliphatic rings. The second-order valence-electron chi connectivity index (χ2n) is 12.9. The van der Waals surface area contributed by atoms with Crippen LogP contribution in [-0.2, 0) is 0 Å². The van der Waals surface area contributed by atoms with E-state index in [-0.39, 0.29) is 12.3 Å². The van der Waals surface area contributed by atoms with Crippen molar-refractivity contribution in [1.29, 1.82) is 0 Å². The van der Waals surface area contributed by atoms with Gasteiger partial charge in [0.1, 0.15) is 18.2 Å². The number of benzene rings is 7. The number of nitrogens with one attached hydrogen (secondary N) is 2. The van der Waals surface area contributed by atoms with E-state index in [1.54, 1.807) is 0 Å². The van der Waals surface area contributed by atoms with Gasteiger partial charge in [0.05, 0.1) is 22.1 Å². The molecule has 50 heavy (non-hydrogen) atoms. The molecule has 0 bridgehead atoms. The molecule has 0 fully saturated rings. The van der Waals surface area contributed by atoms with Crippen molar-refractivity contribution in [3.05, 3.63) is 193 Å². The molecule has 0 spiro atoms. The molecule has 238 valence electrons. The first-order chi connectivity index (χ1) is 24.8. The summed E-state index contributed by atoms with van der Waals surface area (Å²) in [5, 5.41) is 12.4. The predicted molar refractivity (Wildman–Crippen MR) is 206 cm³/mol. The number of hydrogen-bond donors (Lipinski definition) is 2. The lowest BCUT2D eigenvalue weighted by molar-refractivity contribution is 0.409. The molecule has 0 amide bonds. The van der Waals surface area contributed by atoms with Gasteiger partial charge in [-0.25, -0.2) is 4.99 Å². The summed E-state index contributed by atoms with van der Waals surface area (Å²) in [6.07, 6.45) is -0.351. The van der Waals surface area contributed by atoms with Crippen molar-refractivity contribution in [1.82, 2.24) is 19.8 Å². The maximum absolute atomic E-state index is 5.24. The van der Waals surface area contributed by atoms with Gasteiger partial charge in [-0.2, -0.15) is 0 Å². The zero-order valence-corrected chi connectivity index (χ0v) is 27.2. The second-order valence-corrected chi connectivity index (χ2v) is 12.9. The van der Waals surface area contributed by atoms with Gasteiger partial charge in [0, 0.05) is 38.5 Å². The predicted octanol–water partition coefficient (Wildman–Crippen LogP) is 10.2. The van der Waals surface area contributed by atoms with Crippen molar-refractivity contribution in [2.75, 3.05) is 0 Å². The van der Waals surface area contributed by atoms with E-state index in [1.165, 1.54) is 43.6 Å². The molecule has 7 aromatic carbocycles. The van der Waals surface area contributed by atoms with E-state index in [4.69, 9.17) is 4.99 Å². The molecule has 10 rings (SSSR count). The largest absolute Gasteiger partial charge is 0.350 e. The van der Waals surface area contributed by atoms with Gasteiger partial charge in [-0.15, -0.1) is 0 Å². The maximum atomic E-state index is 5.24. The zero-order valence-electron chi connectivity index (χ0n) is 27.2. The number of nitrogens with zero attached hydrogens (tertiary/aromatic N) is 3. The van der Waals surface area contributed by atoms with Crippen LogP contribution in [0.4, 0.5) is 0 Å². The van der Waals surface area contributed by atoms with Crippen LogP contribution in [0.5, 0.6) is 0 Å². The molecule has 0 radical (unpaired) electrons. The minimum Gasteiger partial charge on any atom is -0.350 e. The van der Waals surface area contributed by atoms with Gasteiger partial charge in [0.15, 0.2) is 0 Å². The molecule has 2 unspecified atom stereocenters. The molecule has 0 aliphatic carbocycles. The van der Waals surface area contributed by atoms with E-state index < -0.39 is 0 Å². The number of amidine groups is 1. The quantitative estimate of drug-likeness (QED) is 0.196. The summed E-state index contributed by atoms with van der Waals surface area (Å²) in [7, 11) is 0. The maximum Gasteiger partial charge on any atom is 0.131 e. The highest BCUT2D eigenvalue weighted by Crippen LogP contribution is 2.40. The van der Waals surface area contributed by atoms with Gasteiger partial charge in [-0.05, 0) is 59.7 Å². The molecule has 5 heteroatoms. The number of rotatable bonds is 5. The third kappa shape index (κ3) is 4.63. The highest BCUT2D eigenvalue weighted by Gasteiger charge is 2.26. The summed E-state index contributed by atoms with van der Waals surface area (Å²) in [6.45, 7) is 0. The Kier molecular flexibility index (Phi) is 6.64. The van der Waals surface area contributed by atoms with Crippen LogP contribution < -0.4 is 10.6 Å². The zero-order chi connectivity index (χ0) is 33.0. The van der Waals surface area contributed by atoms with Gasteiger partial charge in [-0.3, -0.25) is 5.32 Å². The SMILES string of the molecule is c1ccc(C2=NC(c3cccc(-n4c5ccccc5c5cc6c7ccccc7n(-c7ccccc7)c6cc54)c3)NC(c3ccccc3)N2)cc1. The van der Waals surface area contributed by atoms with Gasteiger partial charge in [-0.1, -0.05) is 127 Å². The average molecular weight is 644 g/mol. The summed E-state index contributed by atoms with van der Waals surface area (Å²) in [5.41, 5.74) is 10.3. The molecule has 2 N–H and O–H groups in total. The minimum absolute atomic E-state index is 0.0982. The van der Waals surface area contributed by atoms with E-state index >= 15 is 0 Å². The third-order valence-electron chi connectivity index (χ3n) is 9.97. The first-order valence-electron chi connectivity index (χ1n) is 17.1. The normalized spacial score (nSPS) is 16.2. The van der Waals surface area contributed by atoms with Crippen LogP contribution in [0, 0.1) is 0 Å². The van der Waals surface area contributed by atoms with Crippen molar-refractivity contribution in [2.45, 2.75) is 12.3 Å². The summed E-state index contributed by atoms with van der Waals surface area (Å²) >= 11 is 0. The Balaban J connectivity index is 1.17. The highest BCUT2D eigenvalue weighted by molar-refractivity contribution is 6.19. The monoisotopic (exact) mass is 643 g/mol. The van der Waals surface area contributed by atoms with Crippen LogP contribution in [0.15, 0.2) is 181 Å². The molecule has 5 nitrogen and oxygen atoms in total. The number of aromatic nitrogens is 2. The number of hydrogen-bond acceptors (Lipinski definition) is 3. The summed E-state index contributed by atoms with van der Waals surface area (Å²) in [4.78, 5) is 5.24. The summed E-state index contributed by atoms with van der Waals surface area (Å²) < 4.78 is 4.81. The van der Waals surface area contributed by atoms with E-state index in [9.17, 15) is 0 Å². The molecule has 3 heterocycles. The van der Waals surface area contributed by atoms with Crippen molar-refractivity contribution < 1.29 is 0 Å². The lowest BCUT2D eigenvalue weighted by Gasteiger charge is -2.32. The standard InChI is InChI=1S/C45H33N5/c1-4-15-30(16-5-1)43-46-44(31-17-6-2-7-18-31)48-45(47-43)32-19-14-22-34(27-32)50-40-26-13-11-24-36(40)38-28-37-35-23-10-12-25-39(35)49(41(37)29-42(38)50)33-20-8-3-9-21-33/h1-29,43,45,47H,(H,46,48). The molecule has 9 aromatic rings. The molecule has 0 saturated carbocycles. The van der Waals surface area contributed by atoms with Crippen LogP contribution in [0.2, 0.25) is 0 Å². The molecule has 2 aromatic heterocycles. The molecule has 2 atom stereocenters. The topological polar surface area (TPSA) is 46.3 Å². The Hall–Kier alpha value is -6.43. The first-order valence-corrected chi connectivity index (χ1v) is 17.1. The van der Waals surface area contributed by atoms with Crippen LogP contribution in [0.1, 0.15) is 29.0 Å².